The first-order valence-electron chi connectivity index (χ1n) is 5.75. The highest BCUT2D eigenvalue weighted by molar-refractivity contribution is 4.80. The fourth-order valence-electron chi connectivity index (χ4n) is 1.97. The Morgan fingerprint density at radius 2 is 2.12 bits per heavy atom. The zero-order valence-corrected chi connectivity index (χ0v) is 9.58. The second-order valence-corrected chi connectivity index (χ2v) is 4.33. The zero-order chi connectivity index (χ0) is 12.9. The van der Waals surface area contributed by atoms with Crippen molar-refractivity contribution in [2.75, 3.05) is 32.8 Å². The molecule has 3 N–H and O–H groups in total. The lowest BCUT2D eigenvalue weighted by molar-refractivity contribution is -0.208. The number of aliphatic hydroxyl groups excluding tert-OH is 2. The van der Waals surface area contributed by atoms with Crippen LogP contribution in [0.4, 0.5) is 13.2 Å². The number of alkyl halides is 3. The molecule has 7 heteroatoms. The average molecular weight is 256 g/mol. The molecule has 1 aliphatic heterocycles. The SMILES string of the molecule is OCCN(CC1CCCN1)CC(O)C(F)(F)F. The van der Waals surface area contributed by atoms with Gasteiger partial charge < -0.3 is 15.5 Å². The minimum absolute atomic E-state index is 0.144. The Kier molecular flexibility index (Phi) is 5.64. The maximum atomic E-state index is 12.2. The van der Waals surface area contributed by atoms with E-state index in [0.29, 0.717) is 6.54 Å². The zero-order valence-electron chi connectivity index (χ0n) is 9.58. The maximum absolute atomic E-state index is 12.2. The molecule has 0 aliphatic carbocycles. The van der Waals surface area contributed by atoms with Crippen molar-refractivity contribution in [3.8, 4) is 0 Å². The maximum Gasteiger partial charge on any atom is 0.415 e. The van der Waals surface area contributed by atoms with Crippen LogP contribution in [0.15, 0.2) is 0 Å². The van der Waals surface area contributed by atoms with Crippen LogP contribution >= 0.6 is 0 Å². The van der Waals surface area contributed by atoms with Crippen molar-refractivity contribution in [3.05, 3.63) is 0 Å². The van der Waals surface area contributed by atoms with Crippen LogP contribution in [0.5, 0.6) is 0 Å². The lowest BCUT2D eigenvalue weighted by Crippen LogP contribution is -2.46. The van der Waals surface area contributed by atoms with Crippen LogP contribution in [-0.2, 0) is 0 Å². The summed E-state index contributed by atoms with van der Waals surface area (Å²) in [5.41, 5.74) is 0. The number of nitrogens with one attached hydrogen (secondary N) is 1. The second kappa shape index (κ2) is 6.53. The summed E-state index contributed by atoms with van der Waals surface area (Å²) >= 11 is 0. The molecule has 2 unspecified atom stereocenters. The Hall–Kier alpha value is -0.370. The summed E-state index contributed by atoms with van der Waals surface area (Å²) in [6.07, 6.45) is -5.02. The highest BCUT2D eigenvalue weighted by Gasteiger charge is 2.39. The highest BCUT2D eigenvalue weighted by Crippen LogP contribution is 2.21. The van der Waals surface area contributed by atoms with Crippen molar-refractivity contribution in [2.24, 2.45) is 0 Å². The summed E-state index contributed by atoms with van der Waals surface area (Å²) in [7, 11) is 0. The van der Waals surface area contributed by atoms with Gasteiger partial charge in [-0.2, -0.15) is 13.2 Å². The Morgan fingerprint density at radius 1 is 1.41 bits per heavy atom. The van der Waals surface area contributed by atoms with Gasteiger partial charge in [0.2, 0.25) is 0 Å². The van der Waals surface area contributed by atoms with Crippen LogP contribution in [0.3, 0.4) is 0 Å². The van der Waals surface area contributed by atoms with Gasteiger partial charge >= 0.3 is 6.18 Å². The number of halogens is 3. The summed E-state index contributed by atoms with van der Waals surface area (Å²) in [5, 5.41) is 21.0. The molecule has 0 aromatic carbocycles. The smallest absolute Gasteiger partial charge is 0.395 e. The van der Waals surface area contributed by atoms with E-state index < -0.39 is 18.8 Å². The molecule has 102 valence electrons. The molecule has 4 nitrogen and oxygen atoms in total. The van der Waals surface area contributed by atoms with Gasteiger partial charge in [-0.1, -0.05) is 0 Å². The van der Waals surface area contributed by atoms with Crippen LogP contribution in [0.2, 0.25) is 0 Å². The third-order valence-corrected chi connectivity index (χ3v) is 2.87. The van der Waals surface area contributed by atoms with Crippen LogP contribution in [-0.4, -0.2) is 66.2 Å². The molecule has 17 heavy (non-hydrogen) atoms. The molecule has 1 rings (SSSR count). The predicted octanol–water partition coefficient (Wildman–Crippen LogP) is -0.0441. The molecular formula is C10H19F3N2O2. The van der Waals surface area contributed by atoms with Gasteiger partial charge in [0.15, 0.2) is 6.10 Å². The first-order chi connectivity index (χ1) is 7.93. The van der Waals surface area contributed by atoms with E-state index in [1.807, 2.05) is 0 Å². The summed E-state index contributed by atoms with van der Waals surface area (Å²) in [4.78, 5) is 1.45. The quantitative estimate of drug-likeness (QED) is 0.624. The molecule has 0 saturated carbocycles. The molecule has 0 spiro atoms. The van der Waals surface area contributed by atoms with Crippen molar-refractivity contribution in [1.82, 2.24) is 10.2 Å². The predicted molar refractivity (Wildman–Crippen MR) is 56.6 cm³/mol. The third-order valence-electron chi connectivity index (χ3n) is 2.87. The van der Waals surface area contributed by atoms with Crippen molar-refractivity contribution >= 4 is 0 Å². The lowest BCUT2D eigenvalue weighted by Gasteiger charge is -2.27. The number of nitrogens with zero attached hydrogens (tertiary/aromatic N) is 1. The van der Waals surface area contributed by atoms with E-state index in [0.717, 1.165) is 19.4 Å². The standard InChI is InChI=1S/C10H19F3N2O2/c11-10(12,13)9(17)7-15(4-5-16)6-8-2-1-3-14-8/h8-9,14,16-17H,1-7H2. The van der Waals surface area contributed by atoms with E-state index in [-0.39, 0.29) is 19.2 Å². The summed E-state index contributed by atoms with van der Waals surface area (Å²) in [5.74, 6) is 0. The monoisotopic (exact) mass is 256 g/mol. The van der Waals surface area contributed by atoms with Gasteiger partial charge in [0.1, 0.15) is 0 Å². The van der Waals surface area contributed by atoms with E-state index in [2.05, 4.69) is 5.32 Å². The highest BCUT2D eigenvalue weighted by atomic mass is 19.4. The Morgan fingerprint density at radius 3 is 2.59 bits per heavy atom. The van der Waals surface area contributed by atoms with Crippen LogP contribution < -0.4 is 5.32 Å². The molecule has 2 atom stereocenters. The van der Waals surface area contributed by atoms with Crippen molar-refractivity contribution in [3.63, 3.8) is 0 Å². The molecule has 0 aromatic rings. The van der Waals surface area contributed by atoms with Gasteiger partial charge in [0.25, 0.3) is 0 Å². The Labute approximate surface area is 98.4 Å². The lowest BCUT2D eigenvalue weighted by atomic mass is 10.2. The van der Waals surface area contributed by atoms with Crippen molar-refractivity contribution < 1.29 is 23.4 Å². The fourth-order valence-corrected chi connectivity index (χ4v) is 1.97. The third kappa shape index (κ3) is 5.20. The number of aliphatic hydroxyl groups is 2. The number of hydrogen-bond acceptors (Lipinski definition) is 4. The summed E-state index contributed by atoms with van der Waals surface area (Å²) in [6, 6.07) is 0.155. The molecule has 1 saturated heterocycles. The second-order valence-electron chi connectivity index (χ2n) is 4.33. The minimum atomic E-state index is -4.60. The molecule has 1 aliphatic rings. The molecule has 1 fully saturated rings. The van der Waals surface area contributed by atoms with E-state index in [1.165, 1.54) is 4.90 Å². The molecular weight excluding hydrogens is 237 g/mol. The Bertz CT molecular complexity index is 220. The summed E-state index contributed by atoms with van der Waals surface area (Å²) in [6.45, 7) is 0.748. The molecule has 0 radical (unpaired) electrons. The first-order valence-corrected chi connectivity index (χ1v) is 5.75. The molecule has 0 amide bonds. The Balaban J connectivity index is 2.41. The molecule has 0 bridgehead atoms. The van der Waals surface area contributed by atoms with Gasteiger partial charge in [-0.05, 0) is 19.4 Å². The van der Waals surface area contributed by atoms with Crippen LogP contribution in [0, 0.1) is 0 Å². The largest absolute Gasteiger partial charge is 0.415 e. The minimum Gasteiger partial charge on any atom is -0.395 e. The normalized spacial score (nSPS) is 23.3. The topological polar surface area (TPSA) is 55.7 Å². The number of rotatable bonds is 6. The van der Waals surface area contributed by atoms with Crippen LogP contribution in [0.25, 0.3) is 0 Å². The van der Waals surface area contributed by atoms with Gasteiger partial charge in [0.05, 0.1) is 6.61 Å². The van der Waals surface area contributed by atoms with Crippen LogP contribution in [0.1, 0.15) is 12.8 Å². The first kappa shape index (κ1) is 14.7. The van der Waals surface area contributed by atoms with Gasteiger partial charge in [-0.3, -0.25) is 4.90 Å². The van der Waals surface area contributed by atoms with E-state index in [1.54, 1.807) is 0 Å². The van der Waals surface area contributed by atoms with Gasteiger partial charge in [-0.15, -0.1) is 0 Å². The number of hydrogen-bond donors (Lipinski definition) is 3. The fraction of sp³-hybridized carbons (Fsp3) is 1.00. The average Bonchev–Trinajstić information content (AvgIpc) is 2.69. The van der Waals surface area contributed by atoms with Gasteiger partial charge in [-0.25, -0.2) is 0 Å². The van der Waals surface area contributed by atoms with Crippen molar-refractivity contribution in [1.29, 1.82) is 0 Å². The van der Waals surface area contributed by atoms with Crippen molar-refractivity contribution in [2.45, 2.75) is 31.2 Å². The van der Waals surface area contributed by atoms with E-state index >= 15 is 0 Å². The molecule has 0 aromatic heterocycles. The summed E-state index contributed by atoms with van der Waals surface area (Å²) < 4.78 is 36.6. The van der Waals surface area contributed by atoms with E-state index in [4.69, 9.17) is 10.2 Å². The molecule has 1 heterocycles. The van der Waals surface area contributed by atoms with E-state index in [9.17, 15) is 13.2 Å². The van der Waals surface area contributed by atoms with Gasteiger partial charge in [0, 0.05) is 25.7 Å².